The van der Waals surface area contributed by atoms with Crippen LogP contribution in [-0.2, 0) is 24.3 Å². The number of sulfonamides is 1. The molecule has 0 saturated heterocycles. The number of hydrogen-bond acceptors (Lipinski definition) is 6. The molecule has 1 heterocycles. The van der Waals surface area contributed by atoms with Crippen molar-refractivity contribution < 1.29 is 22.7 Å². The third kappa shape index (κ3) is 4.20. The largest absolute Gasteiger partial charge is 0.451 e. The van der Waals surface area contributed by atoms with Gasteiger partial charge in [-0.15, -0.1) is 0 Å². The van der Waals surface area contributed by atoms with Crippen LogP contribution in [0.1, 0.15) is 18.1 Å². The fourth-order valence-corrected chi connectivity index (χ4v) is 3.88. The van der Waals surface area contributed by atoms with Crippen LogP contribution < -0.4 is 10.0 Å². The Kier molecular flexibility index (Phi) is 5.46. The van der Waals surface area contributed by atoms with Gasteiger partial charge in [-0.3, -0.25) is 19.3 Å². The summed E-state index contributed by atoms with van der Waals surface area (Å²) in [5.41, 5.74) is 1.90. The van der Waals surface area contributed by atoms with Crippen molar-refractivity contribution in [2.24, 2.45) is 4.99 Å². The van der Waals surface area contributed by atoms with Crippen molar-refractivity contribution in [3.8, 4) is 0 Å². The highest BCUT2D eigenvalue weighted by Crippen LogP contribution is 2.22. The molecule has 2 N–H and O–H groups in total. The monoisotopic (exact) mass is 401 g/mol. The molecule has 1 aliphatic rings. The molecule has 0 spiro atoms. The van der Waals surface area contributed by atoms with Crippen molar-refractivity contribution >= 4 is 33.4 Å². The number of rotatable bonds is 5. The number of esters is 1. The molecule has 0 bridgehead atoms. The van der Waals surface area contributed by atoms with E-state index in [-0.39, 0.29) is 10.7 Å². The number of hydrogen-bond donors (Lipinski definition) is 2. The Labute approximate surface area is 162 Å². The molecule has 9 heteroatoms. The van der Waals surface area contributed by atoms with Gasteiger partial charge in [-0.2, -0.15) is 0 Å². The molecule has 8 nitrogen and oxygen atoms in total. The second-order valence-corrected chi connectivity index (χ2v) is 7.85. The van der Waals surface area contributed by atoms with Crippen LogP contribution in [0, 0.1) is 6.92 Å². The molecule has 0 radical (unpaired) electrons. The fraction of sp³-hybridized carbons (Fsp3) is 0.211. The molecular formula is C19H19N3O5S. The first-order valence-electron chi connectivity index (χ1n) is 8.50. The maximum atomic E-state index is 12.2. The van der Waals surface area contributed by atoms with Crippen LogP contribution in [0.5, 0.6) is 0 Å². The Balaban J connectivity index is 1.61. The van der Waals surface area contributed by atoms with E-state index < -0.39 is 34.5 Å². The SMILES string of the molecule is Cc1ccccc1NC(=O)C(C)OC(=O)CN=C1NS(=O)(=O)c2ccccc21. The molecule has 2 aromatic rings. The fourth-order valence-electron chi connectivity index (χ4n) is 2.63. The third-order valence-corrected chi connectivity index (χ3v) is 5.51. The van der Waals surface area contributed by atoms with E-state index in [0.717, 1.165) is 5.56 Å². The zero-order valence-corrected chi connectivity index (χ0v) is 16.1. The van der Waals surface area contributed by atoms with Crippen molar-refractivity contribution in [2.45, 2.75) is 24.8 Å². The minimum atomic E-state index is -3.67. The number of ether oxygens (including phenoxy) is 1. The minimum Gasteiger partial charge on any atom is -0.451 e. The highest BCUT2D eigenvalue weighted by atomic mass is 32.2. The number of nitrogens with one attached hydrogen (secondary N) is 2. The van der Waals surface area contributed by atoms with E-state index in [1.807, 2.05) is 19.1 Å². The molecule has 1 amide bonds. The highest BCUT2D eigenvalue weighted by Gasteiger charge is 2.30. The molecule has 1 atom stereocenters. The summed E-state index contributed by atoms with van der Waals surface area (Å²) in [5, 5.41) is 2.69. The molecule has 0 aromatic heterocycles. The number of amides is 1. The number of carbonyl (C=O) groups is 2. The Bertz CT molecular complexity index is 1060. The van der Waals surface area contributed by atoms with Crippen molar-refractivity contribution in [2.75, 3.05) is 11.9 Å². The Morgan fingerprint density at radius 1 is 1.14 bits per heavy atom. The molecular weight excluding hydrogens is 382 g/mol. The van der Waals surface area contributed by atoms with Gasteiger partial charge in [0.05, 0.1) is 4.90 Å². The number of fused-ring (bicyclic) bond motifs is 1. The lowest BCUT2D eigenvalue weighted by molar-refractivity contribution is -0.151. The maximum absolute atomic E-state index is 12.2. The van der Waals surface area contributed by atoms with E-state index in [9.17, 15) is 18.0 Å². The van der Waals surface area contributed by atoms with E-state index in [0.29, 0.717) is 11.3 Å². The number of anilines is 1. The lowest BCUT2D eigenvalue weighted by Crippen LogP contribution is -2.31. The first-order chi connectivity index (χ1) is 13.3. The van der Waals surface area contributed by atoms with Gasteiger partial charge in [0.15, 0.2) is 6.10 Å². The number of amidine groups is 1. The summed E-state index contributed by atoms with van der Waals surface area (Å²) >= 11 is 0. The lowest BCUT2D eigenvalue weighted by Gasteiger charge is -2.14. The minimum absolute atomic E-state index is 0.0737. The summed E-state index contributed by atoms with van der Waals surface area (Å²) in [6.45, 7) is 2.88. The Hall–Kier alpha value is -3.20. The van der Waals surface area contributed by atoms with Gasteiger partial charge in [0.25, 0.3) is 15.9 Å². The topological polar surface area (TPSA) is 114 Å². The summed E-state index contributed by atoms with van der Waals surface area (Å²) in [5.74, 6) is -1.14. The number of nitrogens with zero attached hydrogens (tertiary/aromatic N) is 1. The van der Waals surface area contributed by atoms with Crippen LogP contribution in [0.25, 0.3) is 0 Å². The standard InChI is InChI=1S/C19H19N3O5S/c1-12-7-3-5-9-15(12)21-19(24)13(2)27-17(23)11-20-18-14-8-4-6-10-16(14)28(25,26)22-18/h3-10,13H,11H2,1-2H3,(H,20,22)(H,21,24). The molecule has 0 aliphatic carbocycles. The number of benzene rings is 2. The normalized spacial score (nSPS) is 16.7. The molecule has 1 aliphatic heterocycles. The molecule has 0 fully saturated rings. The van der Waals surface area contributed by atoms with Crippen LogP contribution in [0.2, 0.25) is 0 Å². The van der Waals surface area contributed by atoms with Gasteiger partial charge in [0.1, 0.15) is 12.4 Å². The van der Waals surface area contributed by atoms with Gasteiger partial charge < -0.3 is 10.1 Å². The molecule has 0 saturated carbocycles. The first kappa shape index (κ1) is 19.6. The van der Waals surface area contributed by atoms with Crippen LogP contribution in [-0.4, -0.2) is 38.8 Å². The van der Waals surface area contributed by atoms with Gasteiger partial charge in [-0.25, -0.2) is 8.42 Å². The summed E-state index contributed by atoms with van der Waals surface area (Å²) in [6.07, 6.45) is -1.03. The number of para-hydroxylation sites is 1. The first-order valence-corrected chi connectivity index (χ1v) is 9.99. The summed E-state index contributed by atoms with van der Waals surface area (Å²) < 4.78 is 31.4. The lowest BCUT2D eigenvalue weighted by atomic mass is 10.2. The second-order valence-electron chi connectivity index (χ2n) is 6.20. The van der Waals surface area contributed by atoms with Crippen LogP contribution in [0.3, 0.4) is 0 Å². The number of aliphatic imine (C=N–C) groups is 1. The van der Waals surface area contributed by atoms with Gasteiger partial charge in [0, 0.05) is 11.3 Å². The molecule has 2 aromatic carbocycles. The molecule has 146 valence electrons. The van der Waals surface area contributed by atoms with Crippen LogP contribution in [0.4, 0.5) is 5.69 Å². The van der Waals surface area contributed by atoms with E-state index in [1.54, 1.807) is 30.3 Å². The second kappa shape index (κ2) is 7.81. The number of aryl methyl sites for hydroxylation is 1. The Morgan fingerprint density at radius 3 is 2.57 bits per heavy atom. The smallest absolute Gasteiger partial charge is 0.328 e. The zero-order chi connectivity index (χ0) is 20.3. The number of carbonyl (C=O) groups excluding carboxylic acids is 2. The van der Waals surface area contributed by atoms with E-state index in [2.05, 4.69) is 15.0 Å². The van der Waals surface area contributed by atoms with E-state index >= 15 is 0 Å². The average molecular weight is 401 g/mol. The molecule has 3 rings (SSSR count). The third-order valence-electron chi connectivity index (χ3n) is 4.11. The Morgan fingerprint density at radius 2 is 1.82 bits per heavy atom. The van der Waals surface area contributed by atoms with Crippen LogP contribution >= 0.6 is 0 Å². The molecule has 28 heavy (non-hydrogen) atoms. The van der Waals surface area contributed by atoms with E-state index in [1.165, 1.54) is 13.0 Å². The van der Waals surface area contributed by atoms with Crippen LogP contribution in [0.15, 0.2) is 58.4 Å². The highest BCUT2D eigenvalue weighted by molar-refractivity contribution is 7.90. The van der Waals surface area contributed by atoms with Gasteiger partial charge in [0.2, 0.25) is 0 Å². The molecule has 1 unspecified atom stereocenters. The van der Waals surface area contributed by atoms with Crippen molar-refractivity contribution in [3.63, 3.8) is 0 Å². The predicted molar refractivity (Wildman–Crippen MR) is 104 cm³/mol. The average Bonchev–Trinajstić information content (AvgIpc) is 2.92. The summed E-state index contributed by atoms with van der Waals surface area (Å²) in [7, 11) is -3.67. The summed E-state index contributed by atoms with van der Waals surface area (Å²) in [4.78, 5) is 28.3. The van der Waals surface area contributed by atoms with Crippen molar-refractivity contribution in [1.82, 2.24) is 4.72 Å². The predicted octanol–water partition coefficient (Wildman–Crippen LogP) is 1.60. The van der Waals surface area contributed by atoms with E-state index in [4.69, 9.17) is 4.74 Å². The van der Waals surface area contributed by atoms with Gasteiger partial charge in [-0.1, -0.05) is 30.3 Å². The van der Waals surface area contributed by atoms with Crippen molar-refractivity contribution in [3.05, 3.63) is 59.7 Å². The van der Waals surface area contributed by atoms with Gasteiger partial charge >= 0.3 is 5.97 Å². The van der Waals surface area contributed by atoms with Gasteiger partial charge in [-0.05, 0) is 37.6 Å². The quantitative estimate of drug-likeness (QED) is 0.739. The van der Waals surface area contributed by atoms with Crippen molar-refractivity contribution in [1.29, 1.82) is 0 Å². The zero-order valence-electron chi connectivity index (χ0n) is 15.3. The maximum Gasteiger partial charge on any atom is 0.328 e. The summed E-state index contributed by atoms with van der Waals surface area (Å²) in [6, 6.07) is 13.6.